The molecule has 0 spiro atoms. The zero-order valence-electron chi connectivity index (χ0n) is 51.2. The number of para-hydroxylation sites is 8. The molecule has 0 amide bonds. The van der Waals surface area contributed by atoms with Crippen molar-refractivity contribution < 1.29 is 0 Å². The van der Waals surface area contributed by atoms with E-state index < -0.39 is 0 Å². The summed E-state index contributed by atoms with van der Waals surface area (Å²) in [5.41, 5.74) is 24.1. The smallest absolute Gasteiger partial charge is 0.266 e. The van der Waals surface area contributed by atoms with Crippen molar-refractivity contribution in [3.63, 3.8) is 0 Å². The third-order valence-electron chi connectivity index (χ3n) is 19.5. The normalized spacial score (nSPS) is 13.1. The molecule has 4 aliphatic rings. The van der Waals surface area contributed by atoms with Crippen LogP contribution in [0.2, 0.25) is 0 Å². The first-order valence-electron chi connectivity index (χ1n) is 32.4. The molecule has 95 heavy (non-hydrogen) atoms. The standard InChI is InChI=1S/C84H54B2N6S3/c1-9-29-55(30-10-1)87(56-31-11-2-12-32-56)63-49-70-78-71(50-63)90(60-39-19-6-20-40-60)80-81-83(95-82(80)85(78)68-53-67-65-45-25-27-47-74(65)93-76(67)54-69(68)89(70)59-37-17-5-18-38-59)86-77-66-46-26-28-48-75(66)94-84(77)92(62-43-23-8-24-44-62)73-52-64(51-72(79(73)86)91(81)61-41-21-7-22-42-61)88(57-33-13-3-14-34-57)58-35-15-4-16-36-58/h1-54H. The predicted octanol–water partition coefficient (Wildman–Crippen LogP) is 20.4. The van der Waals surface area contributed by atoms with Crippen LogP contribution < -0.4 is 60.8 Å². The monoisotopic (exact) mass is 1260 g/mol. The highest BCUT2D eigenvalue weighted by Gasteiger charge is 2.53. The van der Waals surface area contributed by atoms with Gasteiger partial charge in [-0.1, -0.05) is 188 Å². The highest BCUT2D eigenvalue weighted by Crippen LogP contribution is 2.57. The molecule has 0 saturated carbocycles. The van der Waals surface area contributed by atoms with Crippen LogP contribution in [0.25, 0.3) is 30.3 Å². The molecule has 0 fully saturated rings. The van der Waals surface area contributed by atoms with E-state index in [9.17, 15) is 0 Å². The Morgan fingerprint density at radius 2 is 0.600 bits per heavy atom. The van der Waals surface area contributed by atoms with Gasteiger partial charge in [-0.25, -0.2) is 0 Å². The number of nitrogens with zero attached hydrogens (tertiary/aromatic N) is 6. The minimum atomic E-state index is -0.204. The lowest BCUT2D eigenvalue weighted by Gasteiger charge is -2.46. The van der Waals surface area contributed by atoms with E-state index in [0.29, 0.717) is 0 Å². The Morgan fingerprint density at radius 3 is 1.07 bits per heavy atom. The highest BCUT2D eigenvalue weighted by molar-refractivity contribution is 7.40. The summed E-state index contributed by atoms with van der Waals surface area (Å²) in [6.45, 7) is -0.382. The largest absolute Gasteiger partial charge is 0.311 e. The van der Waals surface area contributed by atoms with Crippen molar-refractivity contribution in [3.8, 4) is 0 Å². The number of hydrogen-bond acceptors (Lipinski definition) is 9. The molecular formula is C84H54B2N6S3. The molecule has 0 unspecified atom stereocenters. The lowest BCUT2D eigenvalue weighted by molar-refractivity contribution is 1.21. The summed E-state index contributed by atoms with van der Waals surface area (Å²) < 4.78 is 6.45. The number of thiophene rings is 3. The molecule has 20 rings (SSSR count). The maximum Gasteiger partial charge on any atom is 0.266 e. The molecule has 0 atom stereocenters. The van der Waals surface area contributed by atoms with E-state index in [1.54, 1.807) is 0 Å². The van der Waals surface area contributed by atoms with Crippen molar-refractivity contribution in [1.29, 1.82) is 0 Å². The lowest BCUT2D eigenvalue weighted by Crippen LogP contribution is -2.60. The molecule has 0 saturated heterocycles. The van der Waals surface area contributed by atoms with E-state index in [4.69, 9.17) is 0 Å². The number of benzene rings is 13. The number of hydrogen-bond donors (Lipinski definition) is 0. The molecule has 11 heteroatoms. The quantitative estimate of drug-likeness (QED) is 0.126. The van der Waals surface area contributed by atoms with E-state index in [0.717, 1.165) is 79.6 Å². The summed E-state index contributed by atoms with van der Waals surface area (Å²) in [5, 5.41) is 5.09. The van der Waals surface area contributed by atoms with Crippen LogP contribution in [0.4, 0.5) is 102 Å². The number of fused-ring (bicyclic) bond motifs is 14. The van der Waals surface area contributed by atoms with Crippen LogP contribution in [-0.4, -0.2) is 13.4 Å². The Balaban J connectivity index is 0.963. The fourth-order valence-electron chi connectivity index (χ4n) is 15.7. The first kappa shape index (κ1) is 54.2. The van der Waals surface area contributed by atoms with Gasteiger partial charge in [0.1, 0.15) is 0 Å². The summed E-state index contributed by atoms with van der Waals surface area (Å²) in [6, 6.07) is 122. The Hall–Kier alpha value is -11.3. The zero-order chi connectivity index (χ0) is 62.2. The van der Waals surface area contributed by atoms with E-state index in [2.05, 4.69) is 357 Å². The van der Waals surface area contributed by atoms with Crippen molar-refractivity contribution in [2.75, 3.05) is 29.4 Å². The van der Waals surface area contributed by atoms with Crippen LogP contribution in [0.5, 0.6) is 0 Å². The Kier molecular flexibility index (Phi) is 12.4. The van der Waals surface area contributed by atoms with Gasteiger partial charge in [0, 0.05) is 103 Å². The Morgan fingerprint density at radius 1 is 0.242 bits per heavy atom. The van der Waals surface area contributed by atoms with Crippen molar-refractivity contribution in [2.45, 2.75) is 0 Å². The van der Waals surface area contributed by atoms with Crippen LogP contribution in [0.15, 0.2) is 328 Å². The average Bonchev–Trinajstić information content (AvgIpc) is 1.59. The van der Waals surface area contributed by atoms with Gasteiger partial charge >= 0.3 is 0 Å². The molecule has 4 aliphatic heterocycles. The van der Waals surface area contributed by atoms with Crippen molar-refractivity contribution in [1.82, 2.24) is 0 Å². The van der Waals surface area contributed by atoms with E-state index in [1.807, 2.05) is 34.0 Å². The van der Waals surface area contributed by atoms with Gasteiger partial charge in [0.05, 0.1) is 27.8 Å². The second-order valence-corrected chi connectivity index (χ2v) is 27.9. The second-order valence-electron chi connectivity index (χ2n) is 24.7. The lowest BCUT2D eigenvalue weighted by atomic mass is 9.35. The SMILES string of the molecule is c1ccc(N(c2ccccc2)c2cc3c4c(c2)N(c2ccccc2)c2c(sc5c2N(c2ccccc2)c2cc(N(c6ccccc6)c6ccccc6)cc6c2B5c2c(sc5ccccc25)N6c2ccccc2)B4c2cc4c(cc2N3c2ccccc2)sc2ccccc24)cc1. The molecule has 0 bridgehead atoms. The van der Waals surface area contributed by atoms with E-state index in [1.165, 1.54) is 83.7 Å². The second kappa shape index (κ2) is 21.6. The van der Waals surface area contributed by atoms with Crippen LogP contribution in [-0.2, 0) is 0 Å². The molecule has 16 aromatic rings. The summed E-state index contributed by atoms with van der Waals surface area (Å²) in [7, 11) is 0. The molecular weight excluding hydrogens is 1210 g/mol. The number of rotatable bonds is 10. The first-order valence-corrected chi connectivity index (χ1v) is 34.8. The van der Waals surface area contributed by atoms with Crippen LogP contribution in [0.3, 0.4) is 0 Å². The van der Waals surface area contributed by atoms with Gasteiger partial charge in [0.2, 0.25) is 0 Å². The van der Waals surface area contributed by atoms with Gasteiger partial charge in [0.25, 0.3) is 13.4 Å². The molecule has 0 aliphatic carbocycles. The van der Waals surface area contributed by atoms with E-state index >= 15 is 0 Å². The van der Waals surface area contributed by atoms with Crippen molar-refractivity contribution >= 4 is 211 Å². The Bertz CT molecular complexity index is 5580. The molecule has 6 nitrogen and oxygen atoms in total. The summed E-state index contributed by atoms with van der Waals surface area (Å²) in [6.07, 6.45) is 0. The minimum Gasteiger partial charge on any atom is -0.311 e. The first-order chi connectivity index (χ1) is 47.2. The van der Waals surface area contributed by atoms with Gasteiger partial charge in [0.15, 0.2) is 0 Å². The van der Waals surface area contributed by atoms with E-state index in [-0.39, 0.29) is 13.4 Å². The topological polar surface area (TPSA) is 19.4 Å². The van der Waals surface area contributed by atoms with Crippen molar-refractivity contribution in [2.24, 2.45) is 0 Å². The summed E-state index contributed by atoms with van der Waals surface area (Å²) in [5.74, 6) is 0. The van der Waals surface area contributed by atoms with Crippen LogP contribution in [0, 0.1) is 0 Å². The third-order valence-corrected chi connectivity index (χ3v) is 23.1. The van der Waals surface area contributed by atoms with Crippen LogP contribution in [0.1, 0.15) is 0 Å². The van der Waals surface area contributed by atoms with Gasteiger partial charge in [-0.3, -0.25) is 0 Å². The summed E-state index contributed by atoms with van der Waals surface area (Å²) in [4.78, 5) is 15.4. The molecule has 3 aromatic heterocycles. The average molecular weight is 1270 g/mol. The fourth-order valence-corrected chi connectivity index (χ4v) is 19.6. The molecule has 0 N–H and O–H groups in total. The fraction of sp³-hybridized carbons (Fsp3) is 0. The van der Waals surface area contributed by atoms with Gasteiger partial charge in [-0.2, -0.15) is 11.3 Å². The van der Waals surface area contributed by atoms with Gasteiger partial charge in [-0.05, 0) is 172 Å². The zero-order valence-corrected chi connectivity index (χ0v) is 53.7. The minimum absolute atomic E-state index is 0.178. The molecule has 7 heterocycles. The van der Waals surface area contributed by atoms with Gasteiger partial charge < -0.3 is 29.4 Å². The molecule has 444 valence electrons. The van der Waals surface area contributed by atoms with Crippen molar-refractivity contribution in [3.05, 3.63) is 328 Å². The maximum absolute atomic E-state index is 2.67. The maximum atomic E-state index is 2.67. The summed E-state index contributed by atoms with van der Waals surface area (Å²) >= 11 is 5.83. The van der Waals surface area contributed by atoms with Gasteiger partial charge in [-0.15, -0.1) is 22.7 Å². The molecule has 0 radical (unpaired) electrons. The third kappa shape index (κ3) is 8.29. The predicted molar refractivity (Wildman–Crippen MR) is 410 cm³/mol. The molecule has 13 aromatic carbocycles. The number of anilines is 18. The van der Waals surface area contributed by atoms with Crippen LogP contribution >= 0.6 is 34.0 Å². The highest BCUT2D eigenvalue weighted by atomic mass is 32.1. The Labute approximate surface area is 563 Å².